The second-order valence-electron chi connectivity index (χ2n) is 4.43. The summed E-state index contributed by atoms with van der Waals surface area (Å²) in [4.78, 5) is 25.2. The Morgan fingerprint density at radius 3 is 2.69 bits per heavy atom. The molecule has 1 aliphatic carbocycles. The van der Waals surface area contributed by atoms with E-state index in [4.69, 9.17) is 4.74 Å². The summed E-state index contributed by atoms with van der Waals surface area (Å²) in [7, 11) is 1.68. The topological polar surface area (TPSA) is 58.6 Å². The van der Waals surface area contributed by atoms with Gasteiger partial charge in [0, 0.05) is 13.2 Å². The monoisotopic (exact) mass is 226 g/mol. The summed E-state index contributed by atoms with van der Waals surface area (Å²) in [6, 6.07) is -0.0995. The van der Waals surface area contributed by atoms with E-state index in [1.54, 1.807) is 12.0 Å². The molecule has 16 heavy (non-hydrogen) atoms. The number of amides is 2. The van der Waals surface area contributed by atoms with Gasteiger partial charge in [0.2, 0.25) is 11.8 Å². The van der Waals surface area contributed by atoms with Gasteiger partial charge in [0.15, 0.2) is 0 Å². The number of hydrogen-bond acceptors (Lipinski definition) is 3. The summed E-state index contributed by atoms with van der Waals surface area (Å²) in [6.45, 7) is 2.08. The van der Waals surface area contributed by atoms with Crippen LogP contribution < -0.4 is 5.32 Å². The standard InChI is InChI=1S/C11H18N2O3/c1-3-9-11(15)12-6-10(14)13(9)7-4-8(5-7)16-2/h7-9H,3-6H2,1-2H3,(H,12,15). The molecule has 1 heterocycles. The van der Waals surface area contributed by atoms with Crippen molar-refractivity contribution in [3.63, 3.8) is 0 Å². The van der Waals surface area contributed by atoms with Gasteiger partial charge in [0.25, 0.3) is 0 Å². The number of hydrogen-bond donors (Lipinski definition) is 1. The third-order valence-electron chi connectivity index (χ3n) is 3.52. The molecule has 1 N–H and O–H groups in total. The molecule has 1 unspecified atom stereocenters. The van der Waals surface area contributed by atoms with Crippen molar-refractivity contribution >= 4 is 11.8 Å². The third kappa shape index (κ3) is 1.80. The van der Waals surface area contributed by atoms with Crippen LogP contribution in [0.25, 0.3) is 0 Å². The maximum absolute atomic E-state index is 11.8. The maximum atomic E-state index is 11.8. The van der Waals surface area contributed by atoms with Gasteiger partial charge < -0.3 is 15.0 Å². The van der Waals surface area contributed by atoms with Gasteiger partial charge in [-0.3, -0.25) is 9.59 Å². The number of carbonyl (C=O) groups excluding carboxylic acids is 2. The lowest BCUT2D eigenvalue weighted by Crippen LogP contribution is -2.64. The van der Waals surface area contributed by atoms with Crippen LogP contribution in [0.5, 0.6) is 0 Å². The summed E-state index contributed by atoms with van der Waals surface area (Å²) >= 11 is 0. The molecule has 0 radical (unpaired) electrons. The second kappa shape index (κ2) is 4.41. The lowest BCUT2D eigenvalue weighted by Gasteiger charge is -2.46. The summed E-state index contributed by atoms with van der Waals surface area (Å²) in [5.41, 5.74) is 0. The summed E-state index contributed by atoms with van der Waals surface area (Å²) in [5.74, 6) is 0.00831. The van der Waals surface area contributed by atoms with E-state index in [1.807, 2.05) is 6.92 Å². The smallest absolute Gasteiger partial charge is 0.243 e. The van der Waals surface area contributed by atoms with Crippen molar-refractivity contribution in [2.45, 2.75) is 44.4 Å². The Bertz CT molecular complexity index is 300. The van der Waals surface area contributed by atoms with E-state index in [0.29, 0.717) is 6.42 Å². The van der Waals surface area contributed by atoms with Crippen molar-refractivity contribution in [1.82, 2.24) is 10.2 Å². The molecular formula is C11H18N2O3. The summed E-state index contributed by atoms with van der Waals surface area (Å²) in [5, 5.41) is 2.63. The van der Waals surface area contributed by atoms with Crippen molar-refractivity contribution in [3.8, 4) is 0 Å². The van der Waals surface area contributed by atoms with Gasteiger partial charge in [-0.15, -0.1) is 0 Å². The number of carbonyl (C=O) groups is 2. The van der Waals surface area contributed by atoms with E-state index < -0.39 is 0 Å². The fourth-order valence-corrected chi connectivity index (χ4v) is 2.47. The number of methoxy groups -OCH3 is 1. The third-order valence-corrected chi connectivity index (χ3v) is 3.52. The zero-order valence-electron chi connectivity index (χ0n) is 9.73. The minimum atomic E-state index is -0.288. The predicted molar refractivity (Wildman–Crippen MR) is 57.8 cm³/mol. The molecule has 0 aromatic heterocycles. The molecule has 0 aromatic carbocycles. The Balaban J connectivity index is 2.04. The molecule has 1 aliphatic heterocycles. The van der Waals surface area contributed by atoms with E-state index >= 15 is 0 Å². The molecule has 2 rings (SSSR count). The zero-order valence-corrected chi connectivity index (χ0v) is 9.73. The van der Waals surface area contributed by atoms with Crippen LogP contribution in [-0.4, -0.2) is 48.6 Å². The lowest BCUT2D eigenvalue weighted by atomic mass is 9.86. The molecule has 5 heteroatoms. The molecule has 90 valence electrons. The van der Waals surface area contributed by atoms with Crippen LogP contribution in [0.3, 0.4) is 0 Å². The molecule has 1 atom stereocenters. The van der Waals surface area contributed by atoms with E-state index in [9.17, 15) is 9.59 Å². The van der Waals surface area contributed by atoms with Crippen LogP contribution in [0, 0.1) is 0 Å². The van der Waals surface area contributed by atoms with Crippen molar-refractivity contribution in [3.05, 3.63) is 0 Å². The predicted octanol–water partition coefficient (Wildman–Crippen LogP) is -0.0992. The average Bonchev–Trinajstić information content (AvgIpc) is 2.21. The van der Waals surface area contributed by atoms with Crippen LogP contribution >= 0.6 is 0 Å². The van der Waals surface area contributed by atoms with E-state index in [0.717, 1.165) is 12.8 Å². The molecule has 0 bridgehead atoms. The molecule has 0 spiro atoms. The van der Waals surface area contributed by atoms with Gasteiger partial charge in [-0.25, -0.2) is 0 Å². The SMILES string of the molecule is CCC1C(=O)NCC(=O)N1C1CC(OC)C1. The van der Waals surface area contributed by atoms with Gasteiger partial charge in [-0.1, -0.05) is 6.92 Å². The Morgan fingerprint density at radius 2 is 2.12 bits per heavy atom. The zero-order chi connectivity index (χ0) is 11.7. The molecule has 2 amide bonds. The highest BCUT2D eigenvalue weighted by molar-refractivity contribution is 5.95. The first-order valence-electron chi connectivity index (χ1n) is 5.79. The van der Waals surface area contributed by atoms with Crippen LogP contribution in [0.15, 0.2) is 0 Å². The summed E-state index contributed by atoms with van der Waals surface area (Å²) < 4.78 is 5.20. The maximum Gasteiger partial charge on any atom is 0.243 e. The number of rotatable bonds is 3. The Hall–Kier alpha value is -1.10. The fraction of sp³-hybridized carbons (Fsp3) is 0.818. The van der Waals surface area contributed by atoms with Gasteiger partial charge >= 0.3 is 0 Å². The minimum absolute atomic E-state index is 0.0250. The second-order valence-corrected chi connectivity index (χ2v) is 4.43. The number of nitrogens with zero attached hydrogens (tertiary/aromatic N) is 1. The highest BCUT2D eigenvalue weighted by Gasteiger charge is 2.43. The average molecular weight is 226 g/mol. The molecule has 2 fully saturated rings. The highest BCUT2D eigenvalue weighted by Crippen LogP contribution is 2.30. The minimum Gasteiger partial charge on any atom is -0.381 e. The van der Waals surface area contributed by atoms with E-state index in [1.165, 1.54) is 0 Å². The largest absolute Gasteiger partial charge is 0.381 e. The first-order valence-corrected chi connectivity index (χ1v) is 5.79. The lowest BCUT2D eigenvalue weighted by molar-refractivity contribution is -0.154. The van der Waals surface area contributed by atoms with Crippen LogP contribution in [0.4, 0.5) is 0 Å². The molecular weight excluding hydrogens is 208 g/mol. The number of piperazine rings is 1. The van der Waals surface area contributed by atoms with Crippen molar-refractivity contribution in [2.75, 3.05) is 13.7 Å². The molecule has 0 aromatic rings. The van der Waals surface area contributed by atoms with Crippen LogP contribution in [0.1, 0.15) is 26.2 Å². The van der Waals surface area contributed by atoms with Gasteiger partial charge in [0.05, 0.1) is 12.6 Å². The molecule has 5 nitrogen and oxygen atoms in total. The number of ether oxygens (including phenoxy) is 1. The Morgan fingerprint density at radius 1 is 1.44 bits per heavy atom. The van der Waals surface area contributed by atoms with Crippen molar-refractivity contribution in [1.29, 1.82) is 0 Å². The quantitative estimate of drug-likeness (QED) is 0.731. The molecule has 2 aliphatic rings. The molecule has 1 saturated carbocycles. The van der Waals surface area contributed by atoms with E-state index in [-0.39, 0.29) is 36.5 Å². The molecule has 1 saturated heterocycles. The van der Waals surface area contributed by atoms with Gasteiger partial charge in [-0.05, 0) is 19.3 Å². The Kier molecular flexibility index (Phi) is 3.14. The van der Waals surface area contributed by atoms with Crippen molar-refractivity contribution < 1.29 is 14.3 Å². The van der Waals surface area contributed by atoms with Gasteiger partial charge in [-0.2, -0.15) is 0 Å². The fourth-order valence-electron chi connectivity index (χ4n) is 2.47. The van der Waals surface area contributed by atoms with Crippen molar-refractivity contribution in [2.24, 2.45) is 0 Å². The first-order chi connectivity index (χ1) is 7.67. The number of nitrogens with one attached hydrogen (secondary N) is 1. The van der Waals surface area contributed by atoms with Crippen LogP contribution in [0.2, 0.25) is 0 Å². The normalized spacial score (nSPS) is 34.6. The van der Waals surface area contributed by atoms with Gasteiger partial charge in [0.1, 0.15) is 6.04 Å². The van der Waals surface area contributed by atoms with Crippen LogP contribution in [-0.2, 0) is 14.3 Å². The van der Waals surface area contributed by atoms with E-state index in [2.05, 4.69) is 5.32 Å². The Labute approximate surface area is 95.1 Å². The first kappa shape index (κ1) is 11.4. The highest BCUT2D eigenvalue weighted by atomic mass is 16.5. The summed E-state index contributed by atoms with van der Waals surface area (Å²) in [6.07, 6.45) is 2.63.